The van der Waals surface area contributed by atoms with Gasteiger partial charge in [-0.15, -0.1) is 5.10 Å². The molecule has 3 aromatic rings. The molecule has 0 unspecified atom stereocenters. The van der Waals surface area contributed by atoms with Crippen LogP contribution in [0.5, 0.6) is 11.5 Å². The average molecular weight is 462 g/mol. The van der Waals surface area contributed by atoms with Gasteiger partial charge in [0, 0.05) is 30.4 Å². The predicted octanol–water partition coefficient (Wildman–Crippen LogP) is 4.42. The Bertz CT molecular complexity index is 982. The third-order valence-corrected chi connectivity index (χ3v) is 5.96. The van der Waals surface area contributed by atoms with E-state index >= 15 is 0 Å². The van der Waals surface area contributed by atoms with Crippen molar-refractivity contribution in [3.63, 3.8) is 0 Å². The maximum atomic E-state index is 6.53. The molecule has 1 aromatic heterocycles. The van der Waals surface area contributed by atoms with Crippen LogP contribution in [0.3, 0.4) is 0 Å². The van der Waals surface area contributed by atoms with Crippen molar-refractivity contribution in [2.75, 3.05) is 18.9 Å². The lowest BCUT2D eigenvalue weighted by Crippen LogP contribution is -2.16. The molecule has 1 N–H and O–H groups in total. The summed E-state index contributed by atoms with van der Waals surface area (Å²) in [5.74, 6) is 2.30. The van der Waals surface area contributed by atoms with Gasteiger partial charge in [-0.1, -0.05) is 53.2 Å². The minimum atomic E-state index is 0.467. The molecule has 1 heterocycles. The molecule has 31 heavy (non-hydrogen) atoms. The highest BCUT2D eigenvalue weighted by Gasteiger charge is 2.12. The van der Waals surface area contributed by atoms with Crippen LogP contribution in [0.25, 0.3) is 0 Å². The standard InChI is InChI=1S/C22H28ClN5O2S/c1-4-29-20-12-18(14-24-9-6-10-31-22-25-26-27-28(22)3)19(23)13-21(20)30-15-17-8-5-7-16(2)11-17/h5,7-8,11-13,24H,4,6,9-10,14-15H2,1-3H3. The fraction of sp³-hybridized carbons (Fsp3) is 0.409. The molecule has 0 amide bonds. The Morgan fingerprint density at radius 3 is 2.74 bits per heavy atom. The minimum absolute atomic E-state index is 0.467. The molecule has 2 aromatic carbocycles. The second kappa shape index (κ2) is 11.9. The van der Waals surface area contributed by atoms with Crippen LogP contribution in [0.2, 0.25) is 5.02 Å². The highest BCUT2D eigenvalue weighted by molar-refractivity contribution is 7.99. The zero-order chi connectivity index (χ0) is 22.1. The third kappa shape index (κ3) is 7.12. The van der Waals surface area contributed by atoms with Crippen LogP contribution in [0, 0.1) is 6.92 Å². The number of hydrogen-bond donors (Lipinski definition) is 1. The van der Waals surface area contributed by atoms with Crippen molar-refractivity contribution in [1.29, 1.82) is 0 Å². The summed E-state index contributed by atoms with van der Waals surface area (Å²) in [5.41, 5.74) is 3.30. The number of aromatic nitrogens is 4. The van der Waals surface area contributed by atoms with E-state index in [0.717, 1.165) is 35.0 Å². The Kier molecular flexibility index (Phi) is 8.99. The molecular formula is C22H28ClN5O2S. The maximum Gasteiger partial charge on any atom is 0.209 e. The molecular weight excluding hydrogens is 434 g/mol. The Hall–Kier alpha value is -2.29. The van der Waals surface area contributed by atoms with Crippen LogP contribution in [0.1, 0.15) is 30.0 Å². The van der Waals surface area contributed by atoms with Gasteiger partial charge in [-0.2, -0.15) is 0 Å². The Labute approximate surface area is 192 Å². The normalized spacial score (nSPS) is 11.0. The fourth-order valence-electron chi connectivity index (χ4n) is 2.98. The summed E-state index contributed by atoms with van der Waals surface area (Å²) in [5, 5.41) is 16.4. The van der Waals surface area contributed by atoms with Crippen LogP contribution in [0.4, 0.5) is 0 Å². The van der Waals surface area contributed by atoms with E-state index in [1.165, 1.54) is 5.56 Å². The number of halogens is 1. The average Bonchev–Trinajstić information content (AvgIpc) is 3.16. The van der Waals surface area contributed by atoms with Crippen LogP contribution in [-0.4, -0.2) is 39.1 Å². The second-order valence-electron chi connectivity index (χ2n) is 7.06. The molecule has 0 fully saturated rings. The van der Waals surface area contributed by atoms with Crippen molar-refractivity contribution in [3.05, 3.63) is 58.1 Å². The van der Waals surface area contributed by atoms with Crippen LogP contribution in [-0.2, 0) is 20.2 Å². The van der Waals surface area contributed by atoms with E-state index in [4.69, 9.17) is 21.1 Å². The van der Waals surface area contributed by atoms with Gasteiger partial charge in [0.1, 0.15) is 6.61 Å². The smallest absolute Gasteiger partial charge is 0.209 e. The number of nitrogens with zero attached hydrogens (tertiary/aromatic N) is 4. The molecule has 0 aliphatic carbocycles. The molecule has 0 spiro atoms. The van der Waals surface area contributed by atoms with E-state index in [2.05, 4.69) is 39.9 Å². The maximum absolute atomic E-state index is 6.53. The zero-order valence-corrected chi connectivity index (χ0v) is 19.7. The van der Waals surface area contributed by atoms with Gasteiger partial charge in [0.05, 0.1) is 6.61 Å². The Morgan fingerprint density at radius 1 is 1.16 bits per heavy atom. The van der Waals surface area contributed by atoms with E-state index in [0.29, 0.717) is 36.3 Å². The van der Waals surface area contributed by atoms with Crippen molar-refractivity contribution >= 4 is 23.4 Å². The van der Waals surface area contributed by atoms with Gasteiger partial charge >= 0.3 is 0 Å². The number of ether oxygens (including phenoxy) is 2. The first-order chi connectivity index (χ1) is 15.1. The number of tetrazole rings is 1. The number of nitrogens with one attached hydrogen (secondary N) is 1. The van der Waals surface area contributed by atoms with Crippen molar-refractivity contribution in [2.45, 2.75) is 38.6 Å². The number of benzene rings is 2. The first-order valence-corrected chi connectivity index (χ1v) is 11.6. The lowest BCUT2D eigenvalue weighted by atomic mass is 10.1. The van der Waals surface area contributed by atoms with Gasteiger partial charge in [-0.25, -0.2) is 4.68 Å². The summed E-state index contributed by atoms with van der Waals surface area (Å²) in [6.45, 7) is 6.58. The summed E-state index contributed by atoms with van der Waals surface area (Å²) in [4.78, 5) is 0. The summed E-state index contributed by atoms with van der Waals surface area (Å²) in [6.07, 6.45) is 0.991. The van der Waals surface area contributed by atoms with Crippen LogP contribution < -0.4 is 14.8 Å². The lowest BCUT2D eigenvalue weighted by molar-refractivity contribution is 0.269. The molecule has 0 aliphatic heterocycles. The first kappa shape index (κ1) is 23.4. The predicted molar refractivity (Wildman–Crippen MR) is 124 cm³/mol. The van der Waals surface area contributed by atoms with Gasteiger partial charge < -0.3 is 14.8 Å². The summed E-state index contributed by atoms with van der Waals surface area (Å²) in [6, 6.07) is 12.1. The summed E-state index contributed by atoms with van der Waals surface area (Å²) >= 11 is 8.17. The Morgan fingerprint density at radius 2 is 2.00 bits per heavy atom. The highest BCUT2D eigenvalue weighted by atomic mass is 35.5. The molecule has 0 radical (unpaired) electrons. The molecule has 0 aliphatic rings. The van der Waals surface area contributed by atoms with Crippen LogP contribution >= 0.6 is 23.4 Å². The summed E-state index contributed by atoms with van der Waals surface area (Å²) < 4.78 is 13.5. The number of thioether (sulfide) groups is 1. The fourth-order valence-corrected chi connectivity index (χ4v) is 3.99. The first-order valence-electron chi connectivity index (χ1n) is 10.3. The number of aryl methyl sites for hydroxylation is 2. The molecule has 9 heteroatoms. The molecule has 7 nitrogen and oxygen atoms in total. The second-order valence-corrected chi connectivity index (χ2v) is 8.53. The summed E-state index contributed by atoms with van der Waals surface area (Å²) in [7, 11) is 1.84. The van der Waals surface area contributed by atoms with Gasteiger partial charge in [0.15, 0.2) is 11.5 Å². The molecule has 3 rings (SSSR count). The van der Waals surface area contributed by atoms with Gasteiger partial charge in [-0.3, -0.25) is 0 Å². The molecule has 0 saturated carbocycles. The Balaban J connectivity index is 1.52. The molecule has 166 valence electrons. The quantitative estimate of drug-likeness (QED) is 0.316. The van der Waals surface area contributed by atoms with E-state index < -0.39 is 0 Å². The van der Waals surface area contributed by atoms with Gasteiger partial charge in [-0.05, 0) is 54.4 Å². The molecule has 0 saturated heterocycles. The van der Waals surface area contributed by atoms with Crippen molar-refractivity contribution in [2.24, 2.45) is 7.05 Å². The van der Waals surface area contributed by atoms with Crippen molar-refractivity contribution in [3.8, 4) is 11.5 Å². The molecule has 0 atom stereocenters. The number of rotatable bonds is 12. The topological polar surface area (TPSA) is 74.1 Å². The van der Waals surface area contributed by atoms with Crippen molar-refractivity contribution in [1.82, 2.24) is 25.5 Å². The largest absolute Gasteiger partial charge is 0.490 e. The van der Waals surface area contributed by atoms with E-state index in [1.807, 2.05) is 38.2 Å². The number of hydrogen-bond acceptors (Lipinski definition) is 7. The highest BCUT2D eigenvalue weighted by Crippen LogP contribution is 2.34. The zero-order valence-electron chi connectivity index (χ0n) is 18.1. The molecule has 0 bridgehead atoms. The van der Waals surface area contributed by atoms with Gasteiger partial charge in [0.25, 0.3) is 0 Å². The SMILES string of the molecule is CCOc1cc(CNCCCSc2nnnn2C)c(Cl)cc1OCc1cccc(C)c1. The monoisotopic (exact) mass is 461 g/mol. The van der Waals surface area contributed by atoms with E-state index in [-0.39, 0.29) is 0 Å². The van der Waals surface area contributed by atoms with Crippen molar-refractivity contribution < 1.29 is 9.47 Å². The lowest BCUT2D eigenvalue weighted by Gasteiger charge is -2.15. The van der Waals surface area contributed by atoms with Crippen LogP contribution in [0.15, 0.2) is 41.6 Å². The van der Waals surface area contributed by atoms with E-state index in [9.17, 15) is 0 Å². The van der Waals surface area contributed by atoms with Gasteiger partial charge in [0.2, 0.25) is 5.16 Å². The third-order valence-electron chi connectivity index (χ3n) is 4.52. The van der Waals surface area contributed by atoms with E-state index in [1.54, 1.807) is 16.4 Å². The minimum Gasteiger partial charge on any atom is -0.490 e.